The molecule has 0 bridgehead atoms. The molecule has 28 heavy (non-hydrogen) atoms. The van der Waals surface area contributed by atoms with Gasteiger partial charge in [-0.15, -0.1) is 0 Å². The predicted molar refractivity (Wildman–Crippen MR) is 98.3 cm³/mol. The number of halogens is 4. The molecule has 3 rings (SSSR count). The van der Waals surface area contributed by atoms with Gasteiger partial charge in [-0.3, -0.25) is 4.98 Å². The Morgan fingerprint density at radius 1 is 1.04 bits per heavy atom. The summed E-state index contributed by atoms with van der Waals surface area (Å²) < 4.78 is 65.9. The molecule has 2 heterocycles. The van der Waals surface area contributed by atoms with E-state index in [1.54, 1.807) is 18.2 Å². The van der Waals surface area contributed by atoms with Crippen molar-refractivity contribution in [3.05, 3.63) is 83.3 Å². The first-order valence-corrected chi connectivity index (χ1v) is 9.71. The highest BCUT2D eigenvalue weighted by molar-refractivity contribution is 7.92. The monoisotopic (exact) mass is 427 g/mol. The standard InChI is InChI=1S/C18H13ClF3N3O2S/c19-16-9-14(18(20,21)22)11-24-17(16)25(12-13-5-4-8-23-10-13)28(26,27)15-6-2-1-3-7-15/h1-11H,12H2. The molecule has 0 spiro atoms. The van der Waals surface area contributed by atoms with Gasteiger partial charge >= 0.3 is 6.18 Å². The Labute approximate surface area is 164 Å². The van der Waals surface area contributed by atoms with Crippen molar-refractivity contribution in [3.8, 4) is 0 Å². The van der Waals surface area contributed by atoms with E-state index in [1.165, 1.54) is 36.7 Å². The van der Waals surface area contributed by atoms with Crippen molar-refractivity contribution < 1.29 is 21.6 Å². The number of anilines is 1. The van der Waals surface area contributed by atoms with Crippen molar-refractivity contribution in [2.24, 2.45) is 0 Å². The number of hydrogen-bond donors (Lipinski definition) is 0. The maximum absolute atomic E-state index is 13.2. The Morgan fingerprint density at radius 2 is 1.75 bits per heavy atom. The first-order valence-electron chi connectivity index (χ1n) is 7.89. The molecule has 0 saturated carbocycles. The van der Waals surface area contributed by atoms with Crippen LogP contribution < -0.4 is 4.31 Å². The fourth-order valence-corrected chi connectivity index (χ4v) is 4.19. The van der Waals surface area contributed by atoms with E-state index >= 15 is 0 Å². The van der Waals surface area contributed by atoms with Crippen LogP contribution in [0.3, 0.4) is 0 Å². The third-order valence-electron chi connectivity index (χ3n) is 3.77. The molecule has 0 atom stereocenters. The lowest BCUT2D eigenvalue weighted by atomic mass is 10.2. The third kappa shape index (κ3) is 4.26. The van der Waals surface area contributed by atoms with Crippen LogP contribution in [0.5, 0.6) is 0 Å². The number of hydrogen-bond acceptors (Lipinski definition) is 4. The molecular weight excluding hydrogens is 415 g/mol. The summed E-state index contributed by atoms with van der Waals surface area (Å²) in [6.45, 7) is -0.205. The summed E-state index contributed by atoms with van der Waals surface area (Å²) in [7, 11) is -4.15. The second kappa shape index (κ2) is 7.76. The molecule has 0 saturated heterocycles. The zero-order valence-electron chi connectivity index (χ0n) is 14.1. The van der Waals surface area contributed by atoms with Crippen LogP contribution in [0, 0.1) is 0 Å². The maximum atomic E-state index is 13.2. The molecule has 0 N–H and O–H groups in total. The van der Waals surface area contributed by atoms with Crippen molar-refractivity contribution in [1.82, 2.24) is 9.97 Å². The fraction of sp³-hybridized carbons (Fsp3) is 0.111. The van der Waals surface area contributed by atoms with Gasteiger partial charge < -0.3 is 0 Å². The van der Waals surface area contributed by atoms with E-state index in [1.807, 2.05) is 0 Å². The SMILES string of the molecule is O=S(=O)(c1ccccc1)N(Cc1cccnc1)c1ncc(C(F)(F)F)cc1Cl. The summed E-state index contributed by atoms with van der Waals surface area (Å²) in [6, 6.07) is 11.4. The molecule has 2 aromatic heterocycles. The normalized spacial score (nSPS) is 12.0. The zero-order chi connectivity index (χ0) is 20.4. The molecule has 5 nitrogen and oxygen atoms in total. The molecule has 0 fully saturated rings. The highest BCUT2D eigenvalue weighted by Gasteiger charge is 2.34. The highest BCUT2D eigenvalue weighted by Crippen LogP contribution is 2.35. The minimum Gasteiger partial charge on any atom is -0.264 e. The average molecular weight is 428 g/mol. The summed E-state index contributed by atoms with van der Waals surface area (Å²) in [5.41, 5.74) is -0.556. The van der Waals surface area contributed by atoms with Gasteiger partial charge in [0.1, 0.15) is 0 Å². The van der Waals surface area contributed by atoms with Crippen LogP contribution in [0.15, 0.2) is 72.0 Å². The summed E-state index contributed by atoms with van der Waals surface area (Å²) in [5, 5.41) is -0.432. The number of nitrogens with zero attached hydrogens (tertiary/aromatic N) is 3. The Kier molecular flexibility index (Phi) is 5.57. The predicted octanol–water partition coefficient (Wildman–Crippen LogP) is 4.54. The van der Waals surface area contributed by atoms with Crippen LogP contribution in [0.1, 0.15) is 11.1 Å². The van der Waals surface area contributed by atoms with E-state index in [0.717, 1.165) is 4.31 Å². The Hall–Kier alpha value is -2.65. The van der Waals surface area contributed by atoms with Crippen molar-refractivity contribution in [3.63, 3.8) is 0 Å². The number of aromatic nitrogens is 2. The number of rotatable bonds is 5. The minimum atomic E-state index is -4.65. The van der Waals surface area contributed by atoms with Crippen molar-refractivity contribution >= 4 is 27.4 Å². The van der Waals surface area contributed by atoms with E-state index in [2.05, 4.69) is 9.97 Å². The van der Waals surface area contributed by atoms with Crippen LogP contribution in [-0.4, -0.2) is 18.4 Å². The van der Waals surface area contributed by atoms with Crippen LogP contribution in [-0.2, 0) is 22.7 Å². The maximum Gasteiger partial charge on any atom is 0.417 e. The average Bonchev–Trinajstić information content (AvgIpc) is 2.67. The van der Waals surface area contributed by atoms with Crippen LogP contribution >= 0.6 is 11.6 Å². The first-order chi connectivity index (χ1) is 13.2. The summed E-state index contributed by atoms with van der Waals surface area (Å²) in [6.07, 6.45) is -1.13. The Morgan fingerprint density at radius 3 is 2.32 bits per heavy atom. The van der Waals surface area contributed by atoms with Crippen LogP contribution in [0.25, 0.3) is 0 Å². The molecule has 146 valence electrons. The molecule has 3 aromatic rings. The largest absolute Gasteiger partial charge is 0.417 e. The van der Waals surface area contributed by atoms with Gasteiger partial charge in [-0.25, -0.2) is 17.7 Å². The van der Waals surface area contributed by atoms with Gasteiger partial charge in [0, 0.05) is 18.6 Å². The lowest BCUT2D eigenvalue weighted by molar-refractivity contribution is -0.137. The Bertz CT molecular complexity index is 1060. The van der Waals surface area contributed by atoms with Crippen LogP contribution in [0.4, 0.5) is 19.0 Å². The zero-order valence-corrected chi connectivity index (χ0v) is 15.7. The third-order valence-corrected chi connectivity index (χ3v) is 5.79. The smallest absolute Gasteiger partial charge is 0.264 e. The van der Waals surface area contributed by atoms with Gasteiger partial charge in [0.25, 0.3) is 10.0 Å². The molecule has 0 unspecified atom stereocenters. The van der Waals surface area contributed by atoms with E-state index in [9.17, 15) is 21.6 Å². The van der Waals surface area contributed by atoms with Gasteiger partial charge in [0.05, 0.1) is 22.0 Å². The van der Waals surface area contributed by atoms with Crippen molar-refractivity contribution in [2.75, 3.05) is 4.31 Å². The Balaban J connectivity index is 2.12. The number of alkyl halides is 3. The molecule has 10 heteroatoms. The van der Waals surface area contributed by atoms with Gasteiger partial charge in [-0.2, -0.15) is 13.2 Å². The quantitative estimate of drug-likeness (QED) is 0.599. The lowest BCUT2D eigenvalue weighted by Gasteiger charge is -2.24. The fourth-order valence-electron chi connectivity index (χ4n) is 2.42. The number of benzene rings is 1. The lowest BCUT2D eigenvalue weighted by Crippen LogP contribution is -2.31. The summed E-state index contributed by atoms with van der Waals surface area (Å²) >= 11 is 6.01. The van der Waals surface area contributed by atoms with Gasteiger partial charge in [-0.1, -0.05) is 35.9 Å². The molecule has 0 aliphatic rings. The second-order valence-electron chi connectivity index (χ2n) is 5.71. The molecule has 0 aliphatic heterocycles. The second-order valence-corrected chi connectivity index (χ2v) is 7.98. The van der Waals surface area contributed by atoms with Gasteiger partial charge in [-0.05, 0) is 29.8 Å². The van der Waals surface area contributed by atoms with E-state index in [0.29, 0.717) is 17.8 Å². The number of sulfonamides is 1. The van der Waals surface area contributed by atoms with Crippen molar-refractivity contribution in [2.45, 2.75) is 17.6 Å². The molecule has 0 amide bonds. The van der Waals surface area contributed by atoms with Crippen LogP contribution in [0.2, 0.25) is 5.02 Å². The summed E-state index contributed by atoms with van der Waals surface area (Å²) in [4.78, 5) is 7.59. The summed E-state index contributed by atoms with van der Waals surface area (Å²) in [5.74, 6) is -0.303. The topological polar surface area (TPSA) is 63.2 Å². The van der Waals surface area contributed by atoms with E-state index < -0.39 is 26.8 Å². The first kappa shape index (κ1) is 20.1. The molecule has 0 radical (unpaired) electrons. The number of pyridine rings is 2. The van der Waals surface area contributed by atoms with E-state index in [4.69, 9.17) is 11.6 Å². The minimum absolute atomic E-state index is 0.0448. The van der Waals surface area contributed by atoms with Gasteiger partial charge in [0.15, 0.2) is 5.82 Å². The highest BCUT2D eigenvalue weighted by atomic mass is 35.5. The molecular formula is C18H13ClF3N3O2S. The van der Waals surface area contributed by atoms with Crippen molar-refractivity contribution in [1.29, 1.82) is 0 Å². The van der Waals surface area contributed by atoms with Gasteiger partial charge in [0.2, 0.25) is 0 Å². The molecule has 1 aromatic carbocycles. The molecule has 0 aliphatic carbocycles. The van der Waals surface area contributed by atoms with E-state index in [-0.39, 0.29) is 17.3 Å².